The molecule has 0 bridgehead atoms. The number of likely N-dealkylation sites (N-methyl/N-ethyl adjacent to an activating group) is 1. The summed E-state index contributed by atoms with van der Waals surface area (Å²) in [7, 11) is 0. The Hall–Kier alpha value is -2.67. The lowest BCUT2D eigenvalue weighted by atomic mass is 9.97. The van der Waals surface area contributed by atoms with Crippen LogP contribution in [0.4, 0.5) is 5.69 Å². The van der Waals surface area contributed by atoms with Crippen molar-refractivity contribution in [3.63, 3.8) is 0 Å². The summed E-state index contributed by atoms with van der Waals surface area (Å²) in [6.07, 6.45) is 10.3. The third-order valence-corrected chi connectivity index (χ3v) is 5.82. The van der Waals surface area contributed by atoms with Gasteiger partial charge in [0.15, 0.2) is 0 Å². The van der Waals surface area contributed by atoms with Crippen LogP contribution in [0.5, 0.6) is 0 Å². The van der Waals surface area contributed by atoms with Crippen LogP contribution < -0.4 is 4.90 Å². The van der Waals surface area contributed by atoms with E-state index in [1.165, 1.54) is 50.5 Å². The van der Waals surface area contributed by atoms with Crippen molar-refractivity contribution in [3.8, 4) is 0 Å². The van der Waals surface area contributed by atoms with Gasteiger partial charge in [-0.1, -0.05) is 31.4 Å². The fourth-order valence-electron chi connectivity index (χ4n) is 4.23. The van der Waals surface area contributed by atoms with Gasteiger partial charge in [-0.15, -0.1) is 0 Å². The summed E-state index contributed by atoms with van der Waals surface area (Å²) in [6, 6.07) is 8.76. The molecule has 1 aromatic carbocycles. The van der Waals surface area contributed by atoms with Crippen LogP contribution in [0.3, 0.4) is 0 Å². The van der Waals surface area contributed by atoms with E-state index in [0.717, 1.165) is 31.2 Å². The van der Waals surface area contributed by atoms with Gasteiger partial charge in [0.2, 0.25) is 5.91 Å². The Morgan fingerprint density at radius 3 is 1.97 bits per heavy atom. The molecule has 0 aromatic heterocycles. The number of likely N-dealkylation sites (tertiary alicyclic amines) is 1. The van der Waals surface area contributed by atoms with Gasteiger partial charge in [-0.3, -0.25) is 9.69 Å². The Bertz CT molecular complexity index is 732. The van der Waals surface area contributed by atoms with Gasteiger partial charge in [0.05, 0.1) is 6.54 Å². The summed E-state index contributed by atoms with van der Waals surface area (Å²) in [5, 5.41) is 15.6. The second kappa shape index (κ2) is 12.9. The number of carboxylic acids is 2. The monoisotopic (exact) mass is 430 g/mol. The van der Waals surface area contributed by atoms with Gasteiger partial charge in [0.25, 0.3) is 0 Å². The number of benzene rings is 1. The van der Waals surface area contributed by atoms with E-state index in [4.69, 9.17) is 10.2 Å². The highest BCUT2D eigenvalue weighted by molar-refractivity contribution is 5.94. The molecule has 0 atom stereocenters. The Morgan fingerprint density at radius 2 is 1.48 bits per heavy atom. The SMILES string of the molecule is CCN(C(=O)CN1CCCCC1)c1ccc(C2CCCC2)cc1.O=C(O)/C=C/C(=O)O. The Morgan fingerprint density at radius 1 is 0.935 bits per heavy atom. The van der Waals surface area contributed by atoms with Gasteiger partial charge in [0.1, 0.15) is 0 Å². The van der Waals surface area contributed by atoms with Crippen molar-refractivity contribution in [1.29, 1.82) is 0 Å². The smallest absolute Gasteiger partial charge is 0.328 e. The van der Waals surface area contributed by atoms with Crippen molar-refractivity contribution in [1.82, 2.24) is 4.90 Å². The topological polar surface area (TPSA) is 98.2 Å². The highest BCUT2D eigenvalue weighted by Crippen LogP contribution is 2.34. The van der Waals surface area contributed by atoms with E-state index in [1.807, 2.05) is 4.90 Å². The van der Waals surface area contributed by atoms with E-state index in [1.54, 1.807) is 0 Å². The molecular weight excluding hydrogens is 396 g/mol. The molecule has 1 aliphatic carbocycles. The second-order valence-electron chi connectivity index (χ2n) is 8.06. The van der Waals surface area contributed by atoms with E-state index in [9.17, 15) is 14.4 Å². The molecule has 0 radical (unpaired) electrons. The normalized spacial score (nSPS) is 17.2. The van der Waals surface area contributed by atoms with Crippen LogP contribution in [-0.2, 0) is 14.4 Å². The molecule has 170 valence electrons. The highest BCUT2D eigenvalue weighted by Gasteiger charge is 2.20. The summed E-state index contributed by atoms with van der Waals surface area (Å²) >= 11 is 0. The third-order valence-electron chi connectivity index (χ3n) is 5.82. The molecule has 2 fully saturated rings. The van der Waals surface area contributed by atoms with Crippen LogP contribution in [0.25, 0.3) is 0 Å². The number of rotatable bonds is 7. The molecule has 0 unspecified atom stereocenters. The van der Waals surface area contributed by atoms with E-state index >= 15 is 0 Å². The standard InChI is InChI=1S/C20H30N2O.C4H4O4/c1-2-22(20(23)16-21-14-6-3-7-15-21)19-12-10-18(11-13-19)17-8-4-5-9-17;5-3(6)1-2-4(7)8/h10-13,17H,2-9,14-16H2,1H3;1-2H,(H,5,6)(H,7,8)/b;2-1+. The summed E-state index contributed by atoms with van der Waals surface area (Å²) in [5.74, 6) is -1.54. The lowest BCUT2D eigenvalue weighted by Crippen LogP contribution is -2.42. The lowest BCUT2D eigenvalue weighted by Gasteiger charge is -2.29. The zero-order valence-electron chi connectivity index (χ0n) is 18.3. The first-order chi connectivity index (χ1) is 14.9. The first-order valence-corrected chi connectivity index (χ1v) is 11.2. The van der Waals surface area contributed by atoms with Crippen LogP contribution in [0, 0.1) is 0 Å². The number of carboxylic acid groups (broad SMARTS) is 2. The summed E-state index contributed by atoms with van der Waals surface area (Å²) in [5.41, 5.74) is 2.50. The fraction of sp³-hybridized carbons (Fsp3) is 0.542. The van der Waals surface area contributed by atoms with Crippen molar-refractivity contribution in [2.24, 2.45) is 0 Å². The number of aliphatic carboxylic acids is 2. The molecule has 2 aliphatic rings. The quantitative estimate of drug-likeness (QED) is 0.637. The highest BCUT2D eigenvalue weighted by atomic mass is 16.4. The number of carbonyl (C=O) groups excluding carboxylic acids is 1. The number of anilines is 1. The van der Waals surface area contributed by atoms with Crippen molar-refractivity contribution in [2.45, 2.75) is 57.8 Å². The largest absolute Gasteiger partial charge is 0.478 e. The number of piperidine rings is 1. The molecular formula is C24H34N2O5. The van der Waals surface area contributed by atoms with Crippen LogP contribution >= 0.6 is 0 Å². The van der Waals surface area contributed by atoms with Crippen LogP contribution in [-0.4, -0.2) is 59.1 Å². The van der Waals surface area contributed by atoms with Crippen molar-refractivity contribution in [2.75, 3.05) is 31.1 Å². The molecule has 1 heterocycles. The van der Waals surface area contributed by atoms with Crippen LogP contribution in [0.15, 0.2) is 36.4 Å². The van der Waals surface area contributed by atoms with Gasteiger partial charge in [-0.25, -0.2) is 9.59 Å². The Kier molecular flexibility index (Phi) is 10.2. The van der Waals surface area contributed by atoms with Crippen molar-refractivity contribution >= 4 is 23.5 Å². The molecule has 1 aromatic rings. The molecule has 3 rings (SSSR count). The molecule has 2 N–H and O–H groups in total. The molecule has 1 saturated carbocycles. The molecule has 1 amide bonds. The Labute approximate surface area is 184 Å². The van der Waals surface area contributed by atoms with Crippen molar-refractivity contribution < 1.29 is 24.6 Å². The average molecular weight is 431 g/mol. The molecule has 0 spiro atoms. The van der Waals surface area contributed by atoms with Gasteiger partial charge in [0, 0.05) is 24.4 Å². The summed E-state index contributed by atoms with van der Waals surface area (Å²) in [6.45, 7) is 5.53. The van der Waals surface area contributed by atoms with E-state index < -0.39 is 11.9 Å². The number of carbonyl (C=O) groups is 3. The summed E-state index contributed by atoms with van der Waals surface area (Å²) < 4.78 is 0. The number of hydrogen-bond donors (Lipinski definition) is 2. The predicted molar refractivity (Wildman–Crippen MR) is 120 cm³/mol. The van der Waals surface area contributed by atoms with Gasteiger partial charge in [-0.05, 0) is 69.3 Å². The maximum Gasteiger partial charge on any atom is 0.328 e. The third kappa shape index (κ3) is 8.53. The maximum atomic E-state index is 12.7. The van der Waals surface area contributed by atoms with Gasteiger partial charge in [-0.2, -0.15) is 0 Å². The first-order valence-electron chi connectivity index (χ1n) is 11.2. The minimum absolute atomic E-state index is 0.239. The molecule has 7 heteroatoms. The zero-order valence-corrected chi connectivity index (χ0v) is 18.3. The minimum atomic E-state index is -1.26. The maximum absolute atomic E-state index is 12.7. The zero-order chi connectivity index (χ0) is 22.6. The molecule has 1 aliphatic heterocycles. The first kappa shape index (κ1) is 24.6. The second-order valence-corrected chi connectivity index (χ2v) is 8.06. The van der Waals surface area contributed by atoms with Gasteiger partial charge < -0.3 is 15.1 Å². The minimum Gasteiger partial charge on any atom is -0.478 e. The number of hydrogen-bond acceptors (Lipinski definition) is 4. The van der Waals surface area contributed by atoms with E-state index in [2.05, 4.69) is 36.1 Å². The van der Waals surface area contributed by atoms with Crippen LogP contribution in [0.1, 0.15) is 63.4 Å². The van der Waals surface area contributed by atoms with E-state index in [0.29, 0.717) is 18.7 Å². The summed E-state index contributed by atoms with van der Waals surface area (Å²) in [4.78, 5) is 36.0. The predicted octanol–water partition coefficient (Wildman–Crippen LogP) is 3.89. The molecule has 31 heavy (non-hydrogen) atoms. The number of amides is 1. The molecule has 1 saturated heterocycles. The van der Waals surface area contributed by atoms with Gasteiger partial charge >= 0.3 is 11.9 Å². The average Bonchev–Trinajstić information content (AvgIpc) is 3.29. The van der Waals surface area contributed by atoms with Crippen molar-refractivity contribution in [3.05, 3.63) is 42.0 Å². The van der Waals surface area contributed by atoms with E-state index in [-0.39, 0.29) is 5.91 Å². The van der Waals surface area contributed by atoms with Crippen LogP contribution in [0.2, 0.25) is 0 Å². The molecule has 7 nitrogen and oxygen atoms in total. The lowest BCUT2D eigenvalue weighted by molar-refractivity contribution is -0.134. The Balaban J connectivity index is 0.000000366. The number of nitrogens with zero attached hydrogens (tertiary/aromatic N) is 2. The fourth-order valence-corrected chi connectivity index (χ4v) is 4.23.